The molecule has 1 atom stereocenters. The van der Waals surface area contributed by atoms with E-state index in [1.165, 1.54) is 44.5 Å². The van der Waals surface area contributed by atoms with E-state index >= 15 is 0 Å². The van der Waals surface area contributed by atoms with Crippen molar-refractivity contribution in [3.8, 4) is 0 Å². The van der Waals surface area contributed by atoms with Crippen molar-refractivity contribution in [2.24, 2.45) is 5.92 Å². The summed E-state index contributed by atoms with van der Waals surface area (Å²) in [7, 11) is 0. The predicted octanol–water partition coefficient (Wildman–Crippen LogP) is 2.35. The van der Waals surface area contributed by atoms with Crippen molar-refractivity contribution in [1.29, 1.82) is 0 Å². The van der Waals surface area contributed by atoms with Gasteiger partial charge in [-0.05, 0) is 32.1 Å². The monoisotopic (exact) mass is 334 g/mol. The van der Waals surface area contributed by atoms with Gasteiger partial charge < -0.3 is 9.67 Å². The lowest BCUT2D eigenvalue weighted by atomic mass is 9.88. The molecule has 2 aliphatic rings. The highest BCUT2D eigenvalue weighted by atomic mass is 16.3. The quantitative estimate of drug-likeness (QED) is 0.831. The van der Waals surface area contributed by atoms with Gasteiger partial charge in [0.25, 0.3) is 0 Å². The number of piperazine rings is 1. The molecule has 1 saturated heterocycles. The third-order valence-corrected chi connectivity index (χ3v) is 5.88. The van der Waals surface area contributed by atoms with E-state index in [2.05, 4.69) is 32.5 Å². The first-order valence-corrected chi connectivity index (χ1v) is 9.87. The molecule has 1 aromatic rings. The van der Waals surface area contributed by atoms with Gasteiger partial charge in [0.15, 0.2) is 0 Å². The Hall–Kier alpha value is -0.910. The van der Waals surface area contributed by atoms with Crippen molar-refractivity contribution in [2.45, 2.75) is 64.6 Å². The standard InChI is InChI=1S/C19H34N4O/c1-2-22-10-9-20-19(22)16-21-11-12-23(18(15-21)8-13-24)14-17-6-4-3-5-7-17/h9-10,17-18,24H,2-8,11-16H2,1H3/t18-/m0/s1. The SMILES string of the molecule is CCn1ccnc1CN1CCN(CC2CCCCC2)[C@@H](CCO)C1. The van der Waals surface area contributed by atoms with Crippen LogP contribution in [0.1, 0.15) is 51.3 Å². The van der Waals surface area contributed by atoms with Gasteiger partial charge in [-0.2, -0.15) is 0 Å². The lowest BCUT2D eigenvalue weighted by Crippen LogP contribution is -2.54. The Morgan fingerprint density at radius 2 is 2.04 bits per heavy atom. The largest absolute Gasteiger partial charge is 0.396 e. The molecule has 0 unspecified atom stereocenters. The molecule has 0 spiro atoms. The van der Waals surface area contributed by atoms with Gasteiger partial charge in [-0.15, -0.1) is 0 Å². The molecule has 0 bridgehead atoms. The van der Waals surface area contributed by atoms with E-state index in [-0.39, 0.29) is 0 Å². The van der Waals surface area contributed by atoms with Gasteiger partial charge in [0.2, 0.25) is 0 Å². The summed E-state index contributed by atoms with van der Waals surface area (Å²) in [6, 6.07) is 0.496. The van der Waals surface area contributed by atoms with Crippen LogP contribution in [0.5, 0.6) is 0 Å². The number of imidazole rings is 1. The molecule has 1 saturated carbocycles. The maximum absolute atomic E-state index is 9.51. The molecule has 2 heterocycles. The highest BCUT2D eigenvalue weighted by Gasteiger charge is 2.29. The second kappa shape index (κ2) is 8.97. The van der Waals surface area contributed by atoms with E-state index in [0.717, 1.165) is 45.1 Å². The first-order valence-electron chi connectivity index (χ1n) is 9.87. The van der Waals surface area contributed by atoms with Crippen LogP contribution < -0.4 is 0 Å². The minimum atomic E-state index is 0.295. The van der Waals surface area contributed by atoms with Crippen LogP contribution in [-0.2, 0) is 13.1 Å². The van der Waals surface area contributed by atoms with Crippen LogP contribution in [0.2, 0.25) is 0 Å². The van der Waals surface area contributed by atoms with Crippen LogP contribution in [0, 0.1) is 5.92 Å². The summed E-state index contributed by atoms with van der Waals surface area (Å²) in [4.78, 5) is 9.70. The van der Waals surface area contributed by atoms with Gasteiger partial charge >= 0.3 is 0 Å². The van der Waals surface area contributed by atoms with Gasteiger partial charge in [0, 0.05) is 57.8 Å². The summed E-state index contributed by atoms with van der Waals surface area (Å²) in [6.07, 6.45) is 11.9. The summed E-state index contributed by atoms with van der Waals surface area (Å²) >= 11 is 0. The molecule has 1 N–H and O–H groups in total. The van der Waals surface area contributed by atoms with Crippen LogP contribution in [0.15, 0.2) is 12.4 Å². The molecule has 1 aliphatic heterocycles. The average Bonchev–Trinajstić information content (AvgIpc) is 3.05. The maximum Gasteiger partial charge on any atom is 0.122 e. The van der Waals surface area contributed by atoms with E-state index in [4.69, 9.17) is 0 Å². The topological polar surface area (TPSA) is 44.5 Å². The molecule has 0 amide bonds. The number of aliphatic hydroxyl groups excluding tert-OH is 1. The minimum Gasteiger partial charge on any atom is -0.396 e. The Kier molecular flexibility index (Phi) is 6.69. The van der Waals surface area contributed by atoms with Gasteiger partial charge in [-0.25, -0.2) is 4.98 Å². The average molecular weight is 335 g/mol. The fourth-order valence-electron chi connectivity index (χ4n) is 4.45. The van der Waals surface area contributed by atoms with Crippen LogP contribution in [0.4, 0.5) is 0 Å². The van der Waals surface area contributed by atoms with Crippen LogP contribution in [0.25, 0.3) is 0 Å². The molecule has 136 valence electrons. The van der Waals surface area contributed by atoms with E-state index in [1.54, 1.807) is 0 Å². The van der Waals surface area contributed by atoms with E-state index < -0.39 is 0 Å². The van der Waals surface area contributed by atoms with Crippen molar-refractivity contribution >= 4 is 0 Å². The fourth-order valence-corrected chi connectivity index (χ4v) is 4.45. The lowest BCUT2D eigenvalue weighted by Gasteiger charge is -2.43. The molecule has 1 aliphatic carbocycles. The predicted molar refractivity (Wildman–Crippen MR) is 96.8 cm³/mol. The number of aryl methyl sites for hydroxylation is 1. The number of aliphatic hydroxyl groups is 1. The van der Waals surface area contributed by atoms with E-state index in [9.17, 15) is 5.11 Å². The van der Waals surface area contributed by atoms with Gasteiger partial charge in [-0.3, -0.25) is 9.80 Å². The Morgan fingerprint density at radius 1 is 1.21 bits per heavy atom. The smallest absolute Gasteiger partial charge is 0.122 e. The Morgan fingerprint density at radius 3 is 2.79 bits per heavy atom. The highest BCUT2D eigenvalue weighted by Crippen LogP contribution is 2.26. The third-order valence-electron chi connectivity index (χ3n) is 5.88. The Labute approximate surface area is 146 Å². The third kappa shape index (κ3) is 4.58. The van der Waals surface area contributed by atoms with Crippen molar-refractivity contribution in [3.63, 3.8) is 0 Å². The highest BCUT2D eigenvalue weighted by molar-refractivity contribution is 4.94. The fraction of sp³-hybridized carbons (Fsp3) is 0.842. The molecular weight excluding hydrogens is 300 g/mol. The number of hydrogen-bond acceptors (Lipinski definition) is 4. The van der Waals surface area contributed by atoms with Crippen LogP contribution >= 0.6 is 0 Å². The normalized spacial score (nSPS) is 24.5. The zero-order valence-corrected chi connectivity index (χ0v) is 15.2. The second-order valence-corrected chi connectivity index (χ2v) is 7.53. The maximum atomic E-state index is 9.51. The minimum absolute atomic E-state index is 0.295. The summed E-state index contributed by atoms with van der Waals surface area (Å²) < 4.78 is 2.23. The number of rotatable bonds is 7. The molecule has 0 radical (unpaired) electrons. The van der Waals surface area contributed by atoms with E-state index in [0.29, 0.717) is 12.6 Å². The molecule has 0 aromatic carbocycles. The number of nitrogens with zero attached hydrogens (tertiary/aromatic N) is 4. The van der Waals surface area contributed by atoms with Crippen LogP contribution in [-0.4, -0.2) is 63.3 Å². The molecule has 24 heavy (non-hydrogen) atoms. The number of hydrogen-bond donors (Lipinski definition) is 1. The second-order valence-electron chi connectivity index (χ2n) is 7.53. The van der Waals surface area contributed by atoms with Gasteiger partial charge in [0.1, 0.15) is 5.82 Å². The zero-order valence-electron chi connectivity index (χ0n) is 15.2. The zero-order chi connectivity index (χ0) is 16.8. The van der Waals surface area contributed by atoms with Crippen molar-refractivity contribution in [2.75, 3.05) is 32.8 Å². The number of aromatic nitrogens is 2. The first-order chi connectivity index (χ1) is 11.8. The Bertz CT molecular complexity index is 483. The van der Waals surface area contributed by atoms with Gasteiger partial charge in [0.05, 0.1) is 6.54 Å². The summed E-state index contributed by atoms with van der Waals surface area (Å²) in [5.74, 6) is 2.05. The molecule has 2 fully saturated rings. The summed E-state index contributed by atoms with van der Waals surface area (Å²) in [5, 5.41) is 9.51. The summed E-state index contributed by atoms with van der Waals surface area (Å²) in [6.45, 7) is 8.92. The summed E-state index contributed by atoms with van der Waals surface area (Å²) in [5.41, 5.74) is 0. The lowest BCUT2D eigenvalue weighted by molar-refractivity contribution is 0.0386. The van der Waals surface area contributed by atoms with Gasteiger partial charge in [-0.1, -0.05) is 19.3 Å². The van der Waals surface area contributed by atoms with E-state index in [1.807, 2.05) is 6.20 Å². The molecular formula is C19H34N4O. The Balaban J connectivity index is 1.56. The van der Waals surface area contributed by atoms with Crippen molar-refractivity contribution < 1.29 is 5.11 Å². The van der Waals surface area contributed by atoms with Crippen LogP contribution in [0.3, 0.4) is 0 Å². The molecule has 5 nitrogen and oxygen atoms in total. The molecule has 5 heteroatoms. The molecule has 1 aromatic heterocycles. The van der Waals surface area contributed by atoms with Crippen molar-refractivity contribution in [3.05, 3.63) is 18.2 Å². The van der Waals surface area contributed by atoms with Crippen molar-refractivity contribution in [1.82, 2.24) is 19.4 Å². The molecule has 3 rings (SSSR count). The first kappa shape index (κ1) is 17.9.